The molecule has 0 unspecified atom stereocenters. The SMILES string of the molecule is CC[C@@H](Oc1cccc(Cl)c1)C(=O)N[C@@H](C)c1cc(C)ccc1C. The second kappa shape index (κ2) is 8.20. The molecule has 3 nitrogen and oxygen atoms in total. The topological polar surface area (TPSA) is 38.3 Å². The third kappa shape index (κ3) is 4.75. The standard InChI is InChI=1S/C20H24ClNO2/c1-5-19(24-17-8-6-7-16(21)12-17)20(23)22-15(4)18-11-13(2)9-10-14(18)3/h6-12,15,19H,5H2,1-4H3,(H,22,23)/t15-,19+/m0/s1. The molecule has 2 rings (SSSR count). The van der Waals surface area contributed by atoms with Gasteiger partial charge in [-0.05, 0) is 56.5 Å². The summed E-state index contributed by atoms with van der Waals surface area (Å²) in [4.78, 5) is 12.6. The smallest absolute Gasteiger partial charge is 0.261 e. The van der Waals surface area contributed by atoms with E-state index in [1.807, 2.05) is 13.8 Å². The predicted molar refractivity (Wildman–Crippen MR) is 98.6 cm³/mol. The molecule has 4 heteroatoms. The van der Waals surface area contributed by atoms with E-state index in [0.29, 0.717) is 17.2 Å². The molecule has 0 saturated heterocycles. The summed E-state index contributed by atoms with van der Waals surface area (Å²) in [6.45, 7) is 8.02. The fraction of sp³-hybridized carbons (Fsp3) is 0.350. The van der Waals surface area contributed by atoms with Crippen molar-refractivity contribution < 1.29 is 9.53 Å². The molecule has 128 valence electrons. The number of hydrogen-bond acceptors (Lipinski definition) is 2. The summed E-state index contributed by atoms with van der Waals surface area (Å²) in [6.07, 6.45) is 0.0359. The lowest BCUT2D eigenvalue weighted by Gasteiger charge is -2.22. The number of halogens is 1. The van der Waals surface area contributed by atoms with Crippen LogP contribution < -0.4 is 10.1 Å². The Morgan fingerprint density at radius 1 is 1.21 bits per heavy atom. The van der Waals surface area contributed by atoms with Gasteiger partial charge in [0, 0.05) is 5.02 Å². The van der Waals surface area contributed by atoms with Gasteiger partial charge in [-0.3, -0.25) is 4.79 Å². The first-order valence-corrected chi connectivity index (χ1v) is 8.58. The zero-order valence-corrected chi connectivity index (χ0v) is 15.4. The van der Waals surface area contributed by atoms with Gasteiger partial charge in [-0.2, -0.15) is 0 Å². The van der Waals surface area contributed by atoms with Crippen molar-refractivity contribution in [3.05, 3.63) is 64.2 Å². The summed E-state index contributed by atoms with van der Waals surface area (Å²) in [5.41, 5.74) is 3.47. The number of rotatable bonds is 6. The summed E-state index contributed by atoms with van der Waals surface area (Å²) < 4.78 is 5.80. The van der Waals surface area contributed by atoms with Gasteiger partial charge in [0.1, 0.15) is 5.75 Å². The van der Waals surface area contributed by atoms with Gasteiger partial charge in [-0.25, -0.2) is 0 Å². The van der Waals surface area contributed by atoms with Crippen LogP contribution in [-0.2, 0) is 4.79 Å². The summed E-state index contributed by atoms with van der Waals surface area (Å²) in [5.74, 6) is 0.481. The number of carbonyl (C=O) groups is 1. The molecule has 0 saturated carbocycles. The van der Waals surface area contributed by atoms with Gasteiger partial charge in [-0.15, -0.1) is 0 Å². The molecule has 0 heterocycles. The lowest BCUT2D eigenvalue weighted by atomic mass is 10.00. The number of nitrogens with one attached hydrogen (secondary N) is 1. The summed E-state index contributed by atoms with van der Waals surface area (Å²) in [6, 6.07) is 13.3. The zero-order valence-electron chi connectivity index (χ0n) is 14.6. The number of ether oxygens (including phenoxy) is 1. The largest absolute Gasteiger partial charge is 0.481 e. The molecule has 1 amide bonds. The predicted octanol–water partition coefficient (Wildman–Crippen LogP) is 4.99. The summed E-state index contributed by atoms with van der Waals surface area (Å²) in [5, 5.41) is 3.64. The van der Waals surface area contributed by atoms with Crippen LogP contribution in [0.4, 0.5) is 0 Å². The monoisotopic (exact) mass is 345 g/mol. The van der Waals surface area contributed by atoms with Crippen molar-refractivity contribution in [1.82, 2.24) is 5.32 Å². The van der Waals surface area contributed by atoms with Crippen molar-refractivity contribution in [2.75, 3.05) is 0 Å². The molecular weight excluding hydrogens is 322 g/mol. The highest BCUT2D eigenvalue weighted by molar-refractivity contribution is 6.30. The van der Waals surface area contributed by atoms with E-state index in [0.717, 1.165) is 11.1 Å². The highest BCUT2D eigenvalue weighted by Crippen LogP contribution is 2.21. The van der Waals surface area contributed by atoms with E-state index >= 15 is 0 Å². The van der Waals surface area contributed by atoms with E-state index in [9.17, 15) is 4.79 Å². The van der Waals surface area contributed by atoms with Crippen molar-refractivity contribution in [2.45, 2.75) is 46.3 Å². The maximum Gasteiger partial charge on any atom is 0.261 e. The normalized spacial score (nSPS) is 13.2. The minimum absolute atomic E-state index is 0.0746. The molecule has 2 atom stereocenters. The molecule has 0 fully saturated rings. The third-order valence-corrected chi connectivity index (χ3v) is 4.23. The molecule has 0 aliphatic carbocycles. The van der Waals surface area contributed by atoms with Crippen LogP contribution in [0.5, 0.6) is 5.75 Å². The Bertz CT molecular complexity index is 715. The van der Waals surface area contributed by atoms with Gasteiger partial charge in [-0.1, -0.05) is 48.4 Å². The van der Waals surface area contributed by atoms with Gasteiger partial charge in [0.05, 0.1) is 6.04 Å². The minimum Gasteiger partial charge on any atom is -0.481 e. The van der Waals surface area contributed by atoms with Gasteiger partial charge in [0.2, 0.25) is 0 Å². The molecular formula is C20H24ClNO2. The molecule has 0 aliphatic rings. The quantitative estimate of drug-likeness (QED) is 0.800. The zero-order chi connectivity index (χ0) is 17.7. The van der Waals surface area contributed by atoms with E-state index in [2.05, 4.69) is 37.4 Å². The Labute approximate surface area is 149 Å². The first kappa shape index (κ1) is 18.3. The second-order valence-corrected chi connectivity index (χ2v) is 6.50. The van der Waals surface area contributed by atoms with Crippen molar-refractivity contribution in [3.63, 3.8) is 0 Å². The second-order valence-electron chi connectivity index (χ2n) is 6.06. The number of hydrogen-bond donors (Lipinski definition) is 1. The van der Waals surface area contributed by atoms with Crippen LogP contribution in [-0.4, -0.2) is 12.0 Å². The van der Waals surface area contributed by atoms with E-state index in [1.165, 1.54) is 5.56 Å². The van der Waals surface area contributed by atoms with Crippen LogP contribution >= 0.6 is 11.6 Å². The number of benzene rings is 2. The first-order valence-electron chi connectivity index (χ1n) is 8.20. The fourth-order valence-corrected chi connectivity index (χ4v) is 2.82. The first-order chi connectivity index (χ1) is 11.4. The van der Waals surface area contributed by atoms with Gasteiger partial charge < -0.3 is 10.1 Å². The van der Waals surface area contributed by atoms with Gasteiger partial charge in [0.25, 0.3) is 5.91 Å². The van der Waals surface area contributed by atoms with Crippen molar-refractivity contribution >= 4 is 17.5 Å². The Kier molecular flexibility index (Phi) is 6.27. The van der Waals surface area contributed by atoms with Gasteiger partial charge in [0.15, 0.2) is 6.10 Å². The van der Waals surface area contributed by atoms with Crippen LogP contribution in [0.25, 0.3) is 0 Å². The Hall–Kier alpha value is -2.00. The minimum atomic E-state index is -0.545. The molecule has 24 heavy (non-hydrogen) atoms. The lowest BCUT2D eigenvalue weighted by Crippen LogP contribution is -2.39. The Morgan fingerprint density at radius 3 is 2.62 bits per heavy atom. The molecule has 0 spiro atoms. The number of aryl methyl sites for hydroxylation is 2. The Morgan fingerprint density at radius 2 is 1.96 bits per heavy atom. The highest BCUT2D eigenvalue weighted by Gasteiger charge is 2.21. The maximum absolute atomic E-state index is 12.6. The van der Waals surface area contributed by atoms with Crippen LogP contribution in [0.1, 0.15) is 43.0 Å². The van der Waals surface area contributed by atoms with Crippen LogP contribution in [0.15, 0.2) is 42.5 Å². The van der Waals surface area contributed by atoms with Crippen molar-refractivity contribution in [2.24, 2.45) is 0 Å². The highest BCUT2D eigenvalue weighted by atomic mass is 35.5. The molecule has 0 aromatic heterocycles. The molecule has 2 aromatic carbocycles. The number of amides is 1. The molecule has 0 radical (unpaired) electrons. The van der Waals surface area contributed by atoms with Crippen LogP contribution in [0, 0.1) is 13.8 Å². The molecule has 1 N–H and O–H groups in total. The van der Waals surface area contributed by atoms with E-state index in [-0.39, 0.29) is 11.9 Å². The van der Waals surface area contributed by atoms with E-state index < -0.39 is 6.10 Å². The average molecular weight is 346 g/mol. The number of carbonyl (C=O) groups excluding carboxylic acids is 1. The maximum atomic E-state index is 12.6. The van der Waals surface area contributed by atoms with E-state index in [1.54, 1.807) is 24.3 Å². The fourth-order valence-electron chi connectivity index (χ4n) is 2.64. The van der Waals surface area contributed by atoms with Crippen LogP contribution in [0.2, 0.25) is 5.02 Å². The Balaban J connectivity index is 2.07. The average Bonchev–Trinajstić information content (AvgIpc) is 2.54. The van der Waals surface area contributed by atoms with E-state index in [4.69, 9.17) is 16.3 Å². The molecule has 2 aromatic rings. The molecule has 0 bridgehead atoms. The summed E-state index contributed by atoms with van der Waals surface area (Å²) in [7, 11) is 0. The molecule has 0 aliphatic heterocycles. The van der Waals surface area contributed by atoms with Crippen LogP contribution in [0.3, 0.4) is 0 Å². The summed E-state index contributed by atoms with van der Waals surface area (Å²) >= 11 is 5.97. The van der Waals surface area contributed by atoms with Crippen molar-refractivity contribution in [1.29, 1.82) is 0 Å². The van der Waals surface area contributed by atoms with Crippen molar-refractivity contribution in [3.8, 4) is 5.75 Å². The third-order valence-electron chi connectivity index (χ3n) is 4.00. The van der Waals surface area contributed by atoms with Gasteiger partial charge >= 0.3 is 0 Å². The lowest BCUT2D eigenvalue weighted by molar-refractivity contribution is -0.128.